The van der Waals surface area contributed by atoms with Crippen LogP contribution in [-0.4, -0.2) is 18.4 Å². The fourth-order valence-electron chi connectivity index (χ4n) is 1.74. The molecule has 2 aromatic rings. The number of benzene rings is 2. The molecule has 0 spiro atoms. The molecular formula is C16H15FN2O3. The van der Waals surface area contributed by atoms with E-state index in [-0.39, 0.29) is 18.2 Å². The van der Waals surface area contributed by atoms with E-state index in [0.717, 1.165) is 0 Å². The van der Waals surface area contributed by atoms with Gasteiger partial charge in [-0.1, -0.05) is 12.1 Å². The summed E-state index contributed by atoms with van der Waals surface area (Å²) in [4.78, 5) is 22.6. The maximum atomic E-state index is 13.4. The second-order valence-corrected chi connectivity index (χ2v) is 4.52. The number of rotatable bonds is 5. The highest BCUT2D eigenvalue weighted by atomic mass is 19.1. The highest BCUT2D eigenvalue weighted by Gasteiger charge is 2.07. The van der Waals surface area contributed by atoms with Gasteiger partial charge in [0.15, 0.2) is 6.61 Å². The van der Waals surface area contributed by atoms with Crippen LogP contribution in [0.1, 0.15) is 6.92 Å². The fraction of sp³-hybridized carbons (Fsp3) is 0.125. The summed E-state index contributed by atoms with van der Waals surface area (Å²) < 4.78 is 18.7. The molecule has 0 aliphatic rings. The smallest absolute Gasteiger partial charge is 0.262 e. The monoisotopic (exact) mass is 302 g/mol. The summed E-state index contributed by atoms with van der Waals surface area (Å²) in [6.45, 7) is 1.17. The van der Waals surface area contributed by atoms with Crippen molar-refractivity contribution >= 4 is 23.2 Å². The number of halogens is 1. The number of carbonyl (C=O) groups is 2. The number of carbonyl (C=O) groups excluding carboxylic acids is 2. The van der Waals surface area contributed by atoms with E-state index in [4.69, 9.17) is 4.74 Å². The number of anilines is 2. The van der Waals surface area contributed by atoms with Crippen molar-refractivity contribution in [2.45, 2.75) is 6.92 Å². The van der Waals surface area contributed by atoms with Gasteiger partial charge in [-0.25, -0.2) is 4.39 Å². The molecule has 0 atom stereocenters. The standard InChI is InChI=1S/C16H15FN2O3/c1-11(20)18-12-6-8-13(9-7-12)22-10-16(21)19-15-5-3-2-4-14(15)17/h2-9H,10H2,1H3,(H,18,20)(H,19,21). The molecule has 0 unspecified atom stereocenters. The summed E-state index contributed by atoms with van der Waals surface area (Å²) in [6.07, 6.45) is 0. The summed E-state index contributed by atoms with van der Waals surface area (Å²) in [5.74, 6) is -0.665. The predicted octanol–water partition coefficient (Wildman–Crippen LogP) is 2.80. The second kappa shape index (κ2) is 7.21. The van der Waals surface area contributed by atoms with E-state index in [1.54, 1.807) is 30.3 Å². The zero-order chi connectivity index (χ0) is 15.9. The Morgan fingerprint density at radius 3 is 2.36 bits per heavy atom. The van der Waals surface area contributed by atoms with E-state index in [1.165, 1.54) is 25.1 Å². The van der Waals surface area contributed by atoms with Crippen molar-refractivity contribution in [3.05, 3.63) is 54.3 Å². The van der Waals surface area contributed by atoms with Crippen LogP contribution >= 0.6 is 0 Å². The summed E-state index contributed by atoms with van der Waals surface area (Å²) in [5.41, 5.74) is 0.743. The van der Waals surface area contributed by atoms with Crippen LogP contribution in [0, 0.1) is 5.82 Å². The summed E-state index contributed by atoms with van der Waals surface area (Å²) in [5, 5.41) is 5.04. The van der Waals surface area contributed by atoms with Crippen LogP contribution in [0.5, 0.6) is 5.75 Å². The average molecular weight is 302 g/mol. The molecule has 0 aromatic heterocycles. The minimum Gasteiger partial charge on any atom is -0.484 e. The number of amides is 2. The molecule has 0 bridgehead atoms. The van der Waals surface area contributed by atoms with E-state index in [9.17, 15) is 14.0 Å². The third kappa shape index (κ3) is 4.59. The Hall–Kier alpha value is -2.89. The highest BCUT2D eigenvalue weighted by Crippen LogP contribution is 2.16. The molecule has 5 nitrogen and oxygen atoms in total. The number of para-hydroxylation sites is 1. The largest absolute Gasteiger partial charge is 0.484 e. The minimum absolute atomic E-state index is 0.108. The van der Waals surface area contributed by atoms with Gasteiger partial charge in [0.2, 0.25) is 5.91 Å². The number of nitrogens with one attached hydrogen (secondary N) is 2. The number of ether oxygens (including phenoxy) is 1. The van der Waals surface area contributed by atoms with Gasteiger partial charge in [0.25, 0.3) is 5.91 Å². The van der Waals surface area contributed by atoms with Gasteiger partial charge >= 0.3 is 0 Å². The Labute approximate surface area is 127 Å². The molecule has 0 aliphatic heterocycles. The third-order valence-electron chi connectivity index (χ3n) is 2.69. The molecule has 0 aliphatic carbocycles. The van der Waals surface area contributed by atoms with Crippen LogP contribution in [0.2, 0.25) is 0 Å². The Bertz CT molecular complexity index is 671. The van der Waals surface area contributed by atoms with Crippen LogP contribution in [-0.2, 0) is 9.59 Å². The lowest BCUT2D eigenvalue weighted by atomic mass is 10.3. The quantitative estimate of drug-likeness (QED) is 0.892. The van der Waals surface area contributed by atoms with Gasteiger partial charge in [-0.15, -0.1) is 0 Å². The van der Waals surface area contributed by atoms with E-state index in [2.05, 4.69) is 10.6 Å². The first-order valence-corrected chi connectivity index (χ1v) is 6.59. The van der Waals surface area contributed by atoms with Crippen LogP contribution in [0.15, 0.2) is 48.5 Å². The van der Waals surface area contributed by atoms with Gasteiger partial charge in [0.05, 0.1) is 5.69 Å². The Morgan fingerprint density at radius 2 is 1.73 bits per heavy atom. The van der Waals surface area contributed by atoms with Gasteiger partial charge in [-0.05, 0) is 36.4 Å². The normalized spacial score (nSPS) is 9.91. The molecule has 2 rings (SSSR count). The van der Waals surface area contributed by atoms with Crippen molar-refractivity contribution in [1.82, 2.24) is 0 Å². The predicted molar refractivity (Wildman–Crippen MR) is 81.3 cm³/mol. The second-order valence-electron chi connectivity index (χ2n) is 4.52. The molecule has 2 N–H and O–H groups in total. The van der Waals surface area contributed by atoms with Crippen LogP contribution in [0.4, 0.5) is 15.8 Å². The SMILES string of the molecule is CC(=O)Nc1ccc(OCC(=O)Nc2ccccc2F)cc1. The molecule has 0 radical (unpaired) electrons. The van der Waals surface area contributed by atoms with Gasteiger partial charge in [-0.3, -0.25) is 9.59 Å². The van der Waals surface area contributed by atoms with Gasteiger partial charge in [0.1, 0.15) is 11.6 Å². The summed E-state index contributed by atoms with van der Waals surface area (Å²) in [6, 6.07) is 12.5. The Kier molecular flexibility index (Phi) is 5.08. The van der Waals surface area contributed by atoms with Crippen molar-refractivity contribution in [2.24, 2.45) is 0 Å². The number of hydrogen-bond donors (Lipinski definition) is 2. The first kappa shape index (κ1) is 15.5. The van der Waals surface area contributed by atoms with Crippen molar-refractivity contribution in [3.8, 4) is 5.75 Å². The molecule has 0 fully saturated rings. The molecule has 22 heavy (non-hydrogen) atoms. The highest BCUT2D eigenvalue weighted by molar-refractivity contribution is 5.92. The summed E-state index contributed by atoms with van der Waals surface area (Å²) >= 11 is 0. The van der Waals surface area contributed by atoms with Gasteiger partial charge in [0, 0.05) is 12.6 Å². The first-order chi connectivity index (χ1) is 10.5. The first-order valence-electron chi connectivity index (χ1n) is 6.59. The molecular weight excluding hydrogens is 287 g/mol. The molecule has 0 saturated carbocycles. The van der Waals surface area contributed by atoms with Crippen molar-refractivity contribution in [2.75, 3.05) is 17.2 Å². The van der Waals surface area contributed by atoms with E-state index in [0.29, 0.717) is 11.4 Å². The molecule has 2 amide bonds. The Balaban J connectivity index is 1.86. The van der Waals surface area contributed by atoms with E-state index >= 15 is 0 Å². The molecule has 114 valence electrons. The van der Waals surface area contributed by atoms with E-state index in [1.807, 2.05) is 0 Å². The maximum absolute atomic E-state index is 13.4. The zero-order valence-corrected chi connectivity index (χ0v) is 11.9. The molecule has 2 aromatic carbocycles. The van der Waals surface area contributed by atoms with Crippen molar-refractivity contribution in [1.29, 1.82) is 0 Å². The summed E-state index contributed by atoms with van der Waals surface area (Å²) in [7, 11) is 0. The van der Waals surface area contributed by atoms with Gasteiger partial charge < -0.3 is 15.4 Å². The molecule has 0 heterocycles. The van der Waals surface area contributed by atoms with Crippen LogP contribution < -0.4 is 15.4 Å². The average Bonchev–Trinajstić information content (AvgIpc) is 2.48. The van der Waals surface area contributed by atoms with Gasteiger partial charge in [-0.2, -0.15) is 0 Å². The molecule has 0 saturated heterocycles. The van der Waals surface area contributed by atoms with Crippen LogP contribution in [0.25, 0.3) is 0 Å². The third-order valence-corrected chi connectivity index (χ3v) is 2.69. The fourth-order valence-corrected chi connectivity index (χ4v) is 1.74. The topological polar surface area (TPSA) is 67.4 Å². The van der Waals surface area contributed by atoms with Crippen molar-refractivity contribution in [3.63, 3.8) is 0 Å². The maximum Gasteiger partial charge on any atom is 0.262 e. The Morgan fingerprint density at radius 1 is 1.05 bits per heavy atom. The number of hydrogen-bond acceptors (Lipinski definition) is 3. The lowest BCUT2D eigenvalue weighted by molar-refractivity contribution is -0.118. The lowest BCUT2D eigenvalue weighted by Crippen LogP contribution is -2.20. The van der Waals surface area contributed by atoms with E-state index < -0.39 is 11.7 Å². The zero-order valence-electron chi connectivity index (χ0n) is 11.9. The lowest BCUT2D eigenvalue weighted by Gasteiger charge is -2.09. The van der Waals surface area contributed by atoms with Crippen LogP contribution in [0.3, 0.4) is 0 Å². The molecule has 6 heteroatoms. The minimum atomic E-state index is -0.504. The van der Waals surface area contributed by atoms with Crippen molar-refractivity contribution < 1.29 is 18.7 Å².